The second-order valence-electron chi connectivity index (χ2n) is 3.35. The number of aromatic nitrogens is 2. The van der Waals surface area contributed by atoms with Gasteiger partial charge in [0, 0.05) is 22.5 Å². The Morgan fingerprint density at radius 2 is 2.38 bits per heavy atom. The summed E-state index contributed by atoms with van der Waals surface area (Å²) in [4.78, 5) is 7.32. The molecule has 0 bridgehead atoms. The van der Waals surface area contributed by atoms with E-state index in [2.05, 4.69) is 16.2 Å². The van der Waals surface area contributed by atoms with Gasteiger partial charge in [-0.15, -0.1) is 11.3 Å². The predicted octanol–water partition coefficient (Wildman–Crippen LogP) is 3.10. The molecule has 3 aromatic rings. The Balaban J connectivity index is 2.35. The minimum Gasteiger partial charge on any atom is -0.482 e. The molecule has 0 saturated heterocycles. The van der Waals surface area contributed by atoms with Gasteiger partial charge in [-0.3, -0.25) is 0 Å². The van der Waals surface area contributed by atoms with Gasteiger partial charge < -0.3 is 9.72 Å². The molecule has 1 N–H and O–H groups in total. The van der Waals surface area contributed by atoms with Crippen molar-refractivity contribution >= 4 is 22.1 Å². The number of ether oxygens (including phenoxy) is 1. The maximum atomic E-state index is 5.30. The molecule has 0 spiro atoms. The molecule has 16 heavy (non-hydrogen) atoms. The Kier molecular flexibility index (Phi) is 2.15. The highest BCUT2D eigenvalue weighted by molar-refractivity contribution is 7.13. The molecule has 0 fully saturated rings. The number of nitrogens with one attached hydrogen (secondary N) is 1. The number of hydrogen-bond donors (Lipinski definition) is 1. The van der Waals surface area contributed by atoms with Crippen LogP contribution in [0.4, 0.5) is 0 Å². The van der Waals surface area contributed by atoms with E-state index >= 15 is 0 Å². The van der Waals surface area contributed by atoms with E-state index in [1.165, 1.54) is 0 Å². The first kappa shape index (κ1) is 9.42. The van der Waals surface area contributed by atoms with Gasteiger partial charge in [-0.25, -0.2) is 4.98 Å². The molecule has 2 heterocycles. The summed E-state index contributed by atoms with van der Waals surface area (Å²) in [5.41, 5.74) is 1.09. The average Bonchev–Trinajstić information content (AvgIpc) is 2.97. The number of rotatable bonds is 2. The number of benzene rings is 1. The topological polar surface area (TPSA) is 37.9 Å². The molecule has 0 aliphatic heterocycles. The van der Waals surface area contributed by atoms with Crippen molar-refractivity contribution in [2.24, 2.45) is 0 Å². The van der Waals surface area contributed by atoms with Gasteiger partial charge in [-0.1, -0.05) is 18.2 Å². The third-order valence-electron chi connectivity index (χ3n) is 2.47. The second-order valence-corrected chi connectivity index (χ2v) is 4.24. The van der Waals surface area contributed by atoms with Gasteiger partial charge in [0.05, 0.1) is 18.7 Å². The van der Waals surface area contributed by atoms with Crippen LogP contribution in [0.15, 0.2) is 29.8 Å². The van der Waals surface area contributed by atoms with Crippen molar-refractivity contribution in [1.29, 1.82) is 0 Å². The second kappa shape index (κ2) is 3.64. The van der Waals surface area contributed by atoms with E-state index in [4.69, 9.17) is 4.74 Å². The molecule has 3 nitrogen and oxygen atoms in total. The van der Waals surface area contributed by atoms with E-state index in [0.717, 1.165) is 27.2 Å². The smallest absolute Gasteiger partial charge is 0.199 e. The van der Waals surface area contributed by atoms with E-state index in [9.17, 15) is 0 Å². The molecule has 1 radical (unpaired) electrons. The number of methoxy groups -OCH3 is 1. The van der Waals surface area contributed by atoms with Crippen molar-refractivity contribution in [1.82, 2.24) is 9.97 Å². The largest absolute Gasteiger partial charge is 0.482 e. The van der Waals surface area contributed by atoms with Crippen LogP contribution in [-0.4, -0.2) is 17.1 Å². The van der Waals surface area contributed by atoms with Crippen molar-refractivity contribution in [3.05, 3.63) is 36.0 Å². The van der Waals surface area contributed by atoms with Crippen LogP contribution in [0.3, 0.4) is 0 Å². The highest BCUT2D eigenvalue weighted by Gasteiger charge is 2.12. The predicted molar refractivity (Wildman–Crippen MR) is 64.8 cm³/mol. The molecule has 0 unspecified atom stereocenters. The van der Waals surface area contributed by atoms with Gasteiger partial charge in [-0.05, 0) is 0 Å². The number of thiazole rings is 1. The molecule has 3 rings (SSSR count). The van der Waals surface area contributed by atoms with Crippen LogP contribution in [0.5, 0.6) is 5.88 Å². The Bertz CT molecular complexity index is 613. The summed E-state index contributed by atoms with van der Waals surface area (Å²) in [6.07, 6.45) is 4.88. The summed E-state index contributed by atoms with van der Waals surface area (Å²) in [6.45, 7) is 0. The first-order valence-corrected chi connectivity index (χ1v) is 5.74. The Hall–Kier alpha value is -1.81. The quantitative estimate of drug-likeness (QED) is 0.733. The van der Waals surface area contributed by atoms with E-state index < -0.39 is 0 Å². The van der Waals surface area contributed by atoms with Crippen LogP contribution in [0.2, 0.25) is 0 Å². The summed E-state index contributed by atoms with van der Waals surface area (Å²) >= 11 is 1.62. The molecule has 0 aliphatic rings. The van der Waals surface area contributed by atoms with E-state index in [-0.39, 0.29) is 0 Å². The Morgan fingerprint density at radius 1 is 1.44 bits per heavy atom. The molecule has 4 heteroatoms. The van der Waals surface area contributed by atoms with Crippen LogP contribution < -0.4 is 4.74 Å². The maximum absolute atomic E-state index is 5.30. The normalized spacial score (nSPS) is 10.8. The van der Waals surface area contributed by atoms with Gasteiger partial charge in [0.25, 0.3) is 0 Å². The fraction of sp³-hybridized carbons (Fsp3) is 0.0833. The van der Waals surface area contributed by atoms with Gasteiger partial charge >= 0.3 is 0 Å². The van der Waals surface area contributed by atoms with Gasteiger partial charge in [0.15, 0.2) is 5.88 Å². The monoisotopic (exact) mass is 229 g/mol. The lowest BCUT2D eigenvalue weighted by molar-refractivity contribution is 0.405. The van der Waals surface area contributed by atoms with Gasteiger partial charge in [0.1, 0.15) is 5.01 Å². The SMILES string of the molecule is COc1[nH][c]c2cccc(-c3nccs3)c12. The summed E-state index contributed by atoms with van der Waals surface area (Å²) in [7, 11) is 1.65. The number of fused-ring (bicyclic) bond motifs is 1. The fourth-order valence-corrected chi connectivity index (χ4v) is 2.44. The number of aromatic amines is 1. The number of hydrogen-bond acceptors (Lipinski definition) is 3. The van der Waals surface area contributed by atoms with Crippen molar-refractivity contribution in [3.8, 4) is 16.5 Å². The molecule has 0 saturated carbocycles. The summed E-state index contributed by atoms with van der Waals surface area (Å²) in [5, 5.41) is 5.03. The van der Waals surface area contributed by atoms with Crippen LogP contribution in [0.25, 0.3) is 21.3 Å². The first-order chi connectivity index (χ1) is 7.90. The molecule has 2 aromatic heterocycles. The van der Waals surface area contributed by atoms with Crippen LogP contribution in [0, 0.1) is 6.20 Å². The molecule has 1 aromatic carbocycles. The van der Waals surface area contributed by atoms with Crippen molar-refractivity contribution in [3.63, 3.8) is 0 Å². The minimum absolute atomic E-state index is 0.737. The molecule has 0 amide bonds. The maximum Gasteiger partial charge on any atom is 0.199 e. The van der Waals surface area contributed by atoms with Crippen LogP contribution >= 0.6 is 11.3 Å². The summed E-state index contributed by atoms with van der Waals surface area (Å²) < 4.78 is 5.30. The number of H-pyrrole nitrogens is 1. The van der Waals surface area contributed by atoms with Gasteiger partial charge in [0.2, 0.25) is 0 Å². The van der Waals surface area contributed by atoms with Crippen molar-refractivity contribution < 1.29 is 4.74 Å². The third-order valence-corrected chi connectivity index (χ3v) is 3.28. The molecular weight excluding hydrogens is 220 g/mol. The van der Waals surface area contributed by atoms with Crippen LogP contribution in [0.1, 0.15) is 0 Å². The molecule has 0 atom stereocenters. The summed E-state index contributed by atoms with van der Waals surface area (Å²) in [5.74, 6) is 0.737. The van der Waals surface area contributed by atoms with Crippen molar-refractivity contribution in [2.75, 3.05) is 7.11 Å². The first-order valence-electron chi connectivity index (χ1n) is 4.86. The fourth-order valence-electron chi connectivity index (χ4n) is 1.78. The average molecular weight is 229 g/mol. The highest BCUT2D eigenvalue weighted by Crippen LogP contribution is 2.35. The molecule has 0 aliphatic carbocycles. The zero-order chi connectivity index (χ0) is 11.0. The Labute approximate surface area is 96.7 Å². The lowest BCUT2D eigenvalue weighted by atomic mass is 10.1. The van der Waals surface area contributed by atoms with Crippen molar-refractivity contribution in [2.45, 2.75) is 0 Å². The standard InChI is InChI=1S/C12H9N2OS/c1-15-11-10-8(7-14-11)3-2-4-9(10)12-13-5-6-16-12/h2-6,14H,1H3. The van der Waals surface area contributed by atoms with Gasteiger partial charge in [-0.2, -0.15) is 0 Å². The zero-order valence-corrected chi connectivity index (χ0v) is 9.47. The molecular formula is C12H9N2OS. The third kappa shape index (κ3) is 1.31. The Morgan fingerprint density at radius 3 is 3.12 bits per heavy atom. The lowest BCUT2D eigenvalue weighted by Crippen LogP contribution is -1.84. The highest BCUT2D eigenvalue weighted by atomic mass is 32.1. The minimum atomic E-state index is 0.737. The number of nitrogens with zero attached hydrogens (tertiary/aromatic N) is 1. The summed E-state index contributed by atoms with van der Waals surface area (Å²) in [6, 6.07) is 6.06. The van der Waals surface area contributed by atoms with Crippen LogP contribution in [-0.2, 0) is 0 Å². The van der Waals surface area contributed by atoms with E-state index in [1.807, 2.05) is 29.8 Å². The van der Waals surface area contributed by atoms with E-state index in [0.29, 0.717) is 0 Å². The lowest BCUT2D eigenvalue weighted by Gasteiger charge is -2.02. The zero-order valence-electron chi connectivity index (χ0n) is 8.65. The molecule has 79 valence electrons. The van der Waals surface area contributed by atoms with E-state index in [1.54, 1.807) is 18.4 Å².